The number of halogens is 7. The summed E-state index contributed by atoms with van der Waals surface area (Å²) in [5.41, 5.74) is 0. The van der Waals surface area contributed by atoms with E-state index in [2.05, 4.69) is 0 Å². The first kappa shape index (κ1) is 18.8. The maximum absolute atomic E-state index is 12.1. The summed E-state index contributed by atoms with van der Waals surface area (Å²) < 4.78 is 95.0. The summed E-state index contributed by atoms with van der Waals surface area (Å²) in [6.45, 7) is -2.36. The highest BCUT2D eigenvalue weighted by molar-refractivity contribution is 7.89. The maximum atomic E-state index is 12.1. The molecule has 0 aromatic rings. The Morgan fingerprint density at radius 3 is 1.89 bits per heavy atom. The van der Waals surface area contributed by atoms with Crippen LogP contribution in [0.25, 0.3) is 0 Å². The quantitative estimate of drug-likeness (QED) is 0.530. The van der Waals surface area contributed by atoms with E-state index in [1.165, 1.54) is 0 Å². The molecule has 0 aliphatic rings. The Kier molecular flexibility index (Phi) is 6.90. The monoisotopic (exact) mass is 335 g/mol. The molecule has 0 aromatic carbocycles. The lowest BCUT2D eigenvalue weighted by molar-refractivity contribution is -0.137. The van der Waals surface area contributed by atoms with Crippen LogP contribution in [0.5, 0.6) is 0 Å². The Morgan fingerprint density at radius 2 is 1.53 bits per heavy atom. The summed E-state index contributed by atoms with van der Waals surface area (Å²) in [5.74, 6) is -1.38. The number of sulfonamides is 1. The van der Waals surface area contributed by atoms with Gasteiger partial charge in [-0.3, -0.25) is 0 Å². The summed E-state index contributed by atoms with van der Waals surface area (Å²) in [7, 11) is -4.41. The van der Waals surface area contributed by atoms with Gasteiger partial charge >= 0.3 is 12.4 Å². The molecule has 116 valence electrons. The first-order chi connectivity index (χ1) is 8.37. The second-order valence-corrected chi connectivity index (χ2v) is 6.14. The summed E-state index contributed by atoms with van der Waals surface area (Å²) in [5, 5.41) is 0. The Morgan fingerprint density at radius 1 is 1.00 bits per heavy atom. The minimum Gasteiger partial charge on any atom is -0.212 e. The maximum Gasteiger partial charge on any atom is 0.402 e. The largest absolute Gasteiger partial charge is 0.402 e. The fourth-order valence-electron chi connectivity index (χ4n) is 1.19. The molecule has 0 fully saturated rings. The zero-order valence-corrected chi connectivity index (χ0v) is 11.1. The average molecular weight is 336 g/mol. The molecule has 0 unspecified atom stereocenters. The Bertz CT molecular complexity index is 366. The third kappa shape index (κ3) is 9.33. The fourth-order valence-corrected chi connectivity index (χ4v) is 2.98. The van der Waals surface area contributed by atoms with E-state index in [1.807, 2.05) is 0 Å². The lowest BCUT2D eigenvalue weighted by Gasteiger charge is -2.22. The molecule has 0 saturated carbocycles. The zero-order valence-electron chi connectivity index (χ0n) is 9.56. The highest BCUT2D eigenvalue weighted by Crippen LogP contribution is 2.23. The molecule has 0 atom stereocenters. The van der Waals surface area contributed by atoms with Crippen molar-refractivity contribution < 1.29 is 34.8 Å². The smallest absolute Gasteiger partial charge is 0.212 e. The molecule has 0 spiro atoms. The second-order valence-electron chi connectivity index (χ2n) is 3.67. The molecule has 0 aliphatic heterocycles. The number of rotatable bonds is 7. The van der Waals surface area contributed by atoms with Gasteiger partial charge in [0.2, 0.25) is 10.0 Å². The minimum absolute atomic E-state index is 0.0520. The molecule has 3 nitrogen and oxygen atoms in total. The molecule has 0 aromatic heterocycles. The molecule has 0 amide bonds. The molecule has 0 N–H and O–H groups in total. The number of alkyl halides is 7. The van der Waals surface area contributed by atoms with Gasteiger partial charge in [-0.15, -0.1) is 11.6 Å². The molecule has 0 heterocycles. The predicted molar refractivity (Wildman–Crippen MR) is 57.4 cm³/mol. The van der Waals surface area contributed by atoms with Crippen LogP contribution in [0.4, 0.5) is 26.3 Å². The molecule has 0 aliphatic carbocycles. The number of hydrogen-bond donors (Lipinski definition) is 0. The van der Waals surface area contributed by atoms with E-state index in [0.717, 1.165) is 0 Å². The van der Waals surface area contributed by atoms with Crippen molar-refractivity contribution in [2.75, 3.05) is 24.7 Å². The molecular weight excluding hydrogens is 324 g/mol. The van der Waals surface area contributed by atoms with Crippen molar-refractivity contribution in [3.8, 4) is 0 Å². The summed E-state index contributed by atoms with van der Waals surface area (Å²) >= 11 is 5.18. The van der Waals surface area contributed by atoms with Gasteiger partial charge in [0.15, 0.2) is 0 Å². The van der Waals surface area contributed by atoms with Gasteiger partial charge in [-0.25, -0.2) is 8.42 Å². The molecule has 0 rings (SSSR count). The van der Waals surface area contributed by atoms with E-state index in [1.54, 1.807) is 0 Å². The van der Waals surface area contributed by atoms with E-state index in [9.17, 15) is 34.8 Å². The van der Waals surface area contributed by atoms with Gasteiger partial charge < -0.3 is 0 Å². The third-order valence-corrected chi connectivity index (χ3v) is 4.02. The third-order valence-electron chi connectivity index (χ3n) is 1.95. The molecular formula is C8H12ClF6NO2S. The van der Waals surface area contributed by atoms with Crippen LogP contribution < -0.4 is 0 Å². The number of hydrogen-bond acceptors (Lipinski definition) is 2. The van der Waals surface area contributed by atoms with Gasteiger partial charge in [-0.1, -0.05) is 0 Å². The summed E-state index contributed by atoms with van der Waals surface area (Å²) in [6.07, 6.45) is -11.5. The molecule has 0 bridgehead atoms. The van der Waals surface area contributed by atoms with Gasteiger partial charge in [0.25, 0.3) is 0 Å². The highest BCUT2D eigenvalue weighted by Gasteiger charge is 2.36. The van der Waals surface area contributed by atoms with Crippen molar-refractivity contribution in [1.82, 2.24) is 4.31 Å². The predicted octanol–water partition coefficient (Wildman–Crippen LogP) is 2.76. The van der Waals surface area contributed by atoms with E-state index in [0.29, 0.717) is 0 Å². The lowest BCUT2D eigenvalue weighted by atomic mass is 10.3. The SMILES string of the molecule is O=S(=O)(CCCC(F)(F)F)N(CCCl)CC(F)(F)F. The van der Waals surface area contributed by atoms with E-state index < -0.39 is 54.1 Å². The van der Waals surface area contributed by atoms with E-state index >= 15 is 0 Å². The summed E-state index contributed by atoms with van der Waals surface area (Å²) in [6, 6.07) is 0. The van der Waals surface area contributed by atoms with Gasteiger partial charge in [0.05, 0.1) is 5.75 Å². The molecule has 19 heavy (non-hydrogen) atoms. The Hall–Kier alpha value is -0.220. The van der Waals surface area contributed by atoms with Crippen LogP contribution in [-0.4, -0.2) is 49.8 Å². The van der Waals surface area contributed by atoms with Crippen molar-refractivity contribution >= 4 is 21.6 Å². The van der Waals surface area contributed by atoms with Crippen LogP contribution in [0, 0.1) is 0 Å². The topological polar surface area (TPSA) is 37.4 Å². The normalized spacial score (nSPS) is 14.1. The first-order valence-electron chi connectivity index (χ1n) is 5.05. The molecule has 0 saturated heterocycles. The first-order valence-corrected chi connectivity index (χ1v) is 7.19. The van der Waals surface area contributed by atoms with Crippen LogP contribution in [0.15, 0.2) is 0 Å². The molecule has 11 heteroatoms. The average Bonchev–Trinajstić information content (AvgIpc) is 2.12. The van der Waals surface area contributed by atoms with Crippen LogP contribution in [-0.2, 0) is 10.0 Å². The second kappa shape index (κ2) is 6.98. The Balaban J connectivity index is 4.62. The van der Waals surface area contributed by atoms with Gasteiger partial charge in [-0.05, 0) is 6.42 Å². The van der Waals surface area contributed by atoms with E-state index in [4.69, 9.17) is 11.6 Å². The van der Waals surface area contributed by atoms with Crippen LogP contribution >= 0.6 is 11.6 Å². The van der Waals surface area contributed by atoms with Gasteiger partial charge in [0, 0.05) is 18.8 Å². The standard InChI is InChI=1S/C8H12ClF6NO2S/c9-3-4-16(6-8(13,14)15)19(17,18)5-1-2-7(10,11)12/h1-6H2. The lowest BCUT2D eigenvalue weighted by Crippen LogP contribution is -2.41. The van der Waals surface area contributed by atoms with Crippen molar-refractivity contribution in [3.05, 3.63) is 0 Å². The zero-order chi connectivity index (χ0) is 15.3. The van der Waals surface area contributed by atoms with Crippen LogP contribution in [0.2, 0.25) is 0 Å². The van der Waals surface area contributed by atoms with Gasteiger partial charge in [0.1, 0.15) is 6.54 Å². The number of nitrogens with zero attached hydrogens (tertiary/aromatic N) is 1. The minimum atomic E-state index is -4.77. The molecule has 0 radical (unpaired) electrons. The van der Waals surface area contributed by atoms with E-state index in [-0.39, 0.29) is 10.2 Å². The fraction of sp³-hybridized carbons (Fsp3) is 1.00. The van der Waals surface area contributed by atoms with Crippen molar-refractivity contribution in [2.24, 2.45) is 0 Å². The highest BCUT2D eigenvalue weighted by atomic mass is 35.5. The summed E-state index contributed by atoms with van der Waals surface area (Å²) in [4.78, 5) is 0. The van der Waals surface area contributed by atoms with Crippen molar-refractivity contribution in [2.45, 2.75) is 25.2 Å². The Labute approximate surface area is 111 Å². The van der Waals surface area contributed by atoms with Crippen molar-refractivity contribution in [3.63, 3.8) is 0 Å². The van der Waals surface area contributed by atoms with Crippen molar-refractivity contribution in [1.29, 1.82) is 0 Å². The van der Waals surface area contributed by atoms with Crippen LogP contribution in [0.1, 0.15) is 12.8 Å². The van der Waals surface area contributed by atoms with Gasteiger partial charge in [-0.2, -0.15) is 30.6 Å². The van der Waals surface area contributed by atoms with Crippen LogP contribution in [0.3, 0.4) is 0 Å².